The summed E-state index contributed by atoms with van der Waals surface area (Å²) in [5, 5.41) is 2.20. The van der Waals surface area contributed by atoms with Gasteiger partial charge in [-0.2, -0.15) is 0 Å². The maximum Gasteiger partial charge on any atom is 0.367 e. The molecule has 0 spiro atoms. The lowest BCUT2D eigenvalue weighted by Gasteiger charge is -2.04. The number of carbonyl (C=O) groups excluding carboxylic acids is 1. The summed E-state index contributed by atoms with van der Waals surface area (Å²) in [5.41, 5.74) is 0.775. The second-order valence-corrected chi connectivity index (χ2v) is 4.08. The van der Waals surface area contributed by atoms with Crippen molar-refractivity contribution in [1.82, 2.24) is 4.98 Å². The number of carbonyl (C=O) groups is 1. The first-order valence-electron chi connectivity index (χ1n) is 4.86. The number of hydrogen-bond donors (Lipinski definition) is 0. The molecule has 1 rings (SSSR count). The Morgan fingerprint density at radius 3 is 2.93 bits per heavy atom. The van der Waals surface area contributed by atoms with Crippen molar-refractivity contribution in [2.75, 3.05) is 6.61 Å². The van der Waals surface area contributed by atoms with Gasteiger partial charge < -0.3 is 9.47 Å². The van der Waals surface area contributed by atoms with Crippen LogP contribution in [-0.4, -0.2) is 23.7 Å². The van der Waals surface area contributed by atoms with E-state index in [2.05, 4.69) is 4.98 Å². The summed E-state index contributed by atoms with van der Waals surface area (Å²) in [4.78, 5) is 15.4. The number of ether oxygens (including phenoxy) is 2. The molecule has 0 aliphatic rings. The molecular weight excluding hydrogens is 214 g/mol. The standard InChI is InChI=1S/C10H15NO3S/c1-4-13-10(12)9-11-8(6-15-9)5-14-7(2)3/h6-7H,4-5H2,1-3H3. The topological polar surface area (TPSA) is 48.4 Å². The minimum Gasteiger partial charge on any atom is -0.461 e. The zero-order valence-electron chi connectivity index (χ0n) is 9.15. The number of hydrogen-bond acceptors (Lipinski definition) is 5. The fraction of sp³-hybridized carbons (Fsp3) is 0.600. The van der Waals surface area contributed by atoms with Crippen LogP contribution in [0.2, 0.25) is 0 Å². The van der Waals surface area contributed by atoms with Gasteiger partial charge in [0, 0.05) is 5.38 Å². The molecule has 0 saturated carbocycles. The van der Waals surface area contributed by atoms with Crippen molar-refractivity contribution < 1.29 is 14.3 Å². The lowest BCUT2D eigenvalue weighted by Crippen LogP contribution is -2.05. The fourth-order valence-corrected chi connectivity index (χ4v) is 1.61. The van der Waals surface area contributed by atoms with Crippen molar-refractivity contribution in [3.05, 3.63) is 16.1 Å². The fourth-order valence-electron chi connectivity index (χ4n) is 0.912. The van der Waals surface area contributed by atoms with Gasteiger partial charge >= 0.3 is 5.97 Å². The molecule has 0 radical (unpaired) electrons. The Morgan fingerprint density at radius 2 is 2.33 bits per heavy atom. The molecule has 0 N–H and O–H groups in total. The second-order valence-electron chi connectivity index (χ2n) is 3.22. The maximum atomic E-state index is 11.3. The van der Waals surface area contributed by atoms with Gasteiger partial charge in [0.25, 0.3) is 0 Å². The SMILES string of the molecule is CCOC(=O)c1nc(COC(C)C)cs1. The molecular formula is C10H15NO3S. The van der Waals surface area contributed by atoms with Gasteiger partial charge in [0.15, 0.2) is 0 Å². The number of esters is 1. The largest absolute Gasteiger partial charge is 0.461 e. The van der Waals surface area contributed by atoms with E-state index < -0.39 is 0 Å². The van der Waals surface area contributed by atoms with E-state index in [9.17, 15) is 4.79 Å². The quantitative estimate of drug-likeness (QED) is 0.726. The van der Waals surface area contributed by atoms with Crippen molar-refractivity contribution in [2.24, 2.45) is 0 Å². The van der Waals surface area contributed by atoms with Crippen molar-refractivity contribution in [2.45, 2.75) is 33.5 Å². The number of aromatic nitrogens is 1. The maximum absolute atomic E-state index is 11.3. The molecule has 0 fully saturated rings. The molecule has 15 heavy (non-hydrogen) atoms. The van der Waals surface area contributed by atoms with Crippen LogP contribution in [0.15, 0.2) is 5.38 Å². The van der Waals surface area contributed by atoms with E-state index in [4.69, 9.17) is 9.47 Å². The van der Waals surface area contributed by atoms with Crippen LogP contribution in [0, 0.1) is 0 Å². The average Bonchev–Trinajstić information content (AvgIpc) is 2.63. The van der Waals surface area contributed by atoms with Gasteiger partial charge in [0.05, 0.1) is 25.0 Å². The monoisotopic (exact) mass is 229 g/mol. The molecule has 0 amide bonds. The lowest BCUT2D eigenvalue weighted by atomic mass is 10.4. The van der Waals surface area contributed by atoms with Crippen LogP contribution in [0.25, 0.3) is 0 Å². The third-order valence-electron chi connectivity index (χ3n) is 1.57. The zero-order valence-corrected chi connectivity index (χ0v) is 9.97. The Kier molecular flexibility index (Phi) is 4.71. The van der Waals surface area contributed by atoms with Gasteiger partial charge in [-0.05, 0) is 20.8 Å². The Morgan fingerprint density at radius 1 is 1.60 bits per heavy atom. The van der Waals surface area contributed by atoms with Crippen molar-refractivity contribution in [3.63, 3.8) is 0 Å². The minimum atomic E-state index is -0.363. The van der Waals surface area contributed by atoms with Crippen molar-refractivity contribution >= 4 is 17.3 Å². The average molecular weight is 229 g/mol. The predicted octanol–water partition coefficient (Wildman–Crippen LogP) is 2.24. The molecule has 1 aromatic rings. The molecule has 0 atom stereocenters. The molecule has 0 aromatic carbocycles. The molecule has 1 heterocycles. The third kappa shape index (κ3) is 3.97. The molecule has 0 bridgehead atoms. The normalized spacial score (nSPS) is 10.7. The molecule has 5 heteroatoms. The Labute approximate surface area is 93.2 Å². The zero-order chi connectivity index (χ0) is 11.3. The van der Waals surface area contributed by atoms with Crippen LogP contribution in [0.3, 0.4) is 0 Å². The third-order valence-corrected chi connectivity index (χ3v) is 2.44. The minimum absolute atomic E-state index is 0.165. The van der Waals surface area contributed by atoms with E-state index in [1.165, 1.54) is 11.3 Å². The highest BCUT2D eigenvalue weighted by Gasteiger charge is 2.11. The molecule has 84 valence electrons. The summed E-state index contributed by atoms with van der Waals surface area (Å²) in [6.07, 6.45) is 0.165. The molecule has 0 aliphatic heterocycles. The number of nitrogens with zero attached hydrogens (tertiary/aromatic N) is 1. The Balaban J connectivity index is 2.52. The summed E-state index contributed by atoms with van der Waals surface area (Å²) in [6, 6.07) is 0. The Bertz CT molecular complexity index is 322. The van der Waals surface area contributed by atoms with Gasteiger partial charge in [-0.25, -0.2) is 9.78 Å². The van der Waals surface area contributed by atoms with Crippen LogP contribution in [0.4, 0.5) is 0 Å². The predicted molar refractivity (Wildman–Crippen MR) is 58.0 cm³/mol. The van der Waals surface area contributed by atoms with Crippen molar-refractivity contribution in [3.8, 4) is 0 Å². The first-order valence-corrected chi connectivity index (χ1v) is 5.74. The van der Waals surface area contributed by atoms with Crippen LogP contribution in [0.1, 0.15) is 36.3 Å². The van der Waals surface area contributed by atoms with Gasteiger partial charge in [-0.15, -0.1) is 11.3 Å². The molecule has 0 aliphatic carbocycles. The highest BCUT2D eigenvalue weighted by molar-refractivity contribution is 7.11. The molecule has 0 unspecified atom stereocenters. The summed E-state index contributed by atoms with van der Waals surface area (Å²) in [6.45, 7) is 6.50. The molecule has 1 aromatic heterocycles. The molecule has 4 nitrogen and oxygen atoms in total. The van der Waals surface area contributed by atoms with E-state index >= 15 is 0 Å². The second kappa shape index (κ2) is 5.82. The van der Waals surface area contributed by atoms with Crippen LogP contribution < -0.4 is 0 Å². The first kappa shape index (κ1) is 12.1. The lowest BCUT2D eigenvalue weighted by molar-refractivity contribution is 0.0522. The van der Waals surface area contributed by atoms with E-state index in [1.807, 2.05) is 19.2 Å². The van der Waals surface area contributed by atoms with E-state index in [-0.39, 0.29) is 12.1 Å². The summed E-state index contributed by atoms with van der Waals surface area (Å²) < 4.78 is 10.2. The van der Waals surface area contributed by atoms with Gasteiger partial charge in [0.1, 0.15) is 0 Å². The van der Waals surface area contributed by atoms with Crippen LogP contribution in [-0.2, 0) is 16.1 Å². The van der Waals surface area contributed by atoms with Gasteiger partial charge in [-0.1, -0.05) is 0 Å². The van der Waals surface area contributed by atoms with Gasteiger partial charge in [-0.3, -0.25) is 0 Å². The van der Waals surface area contributed by atoms with Crippen LogP contribution in [0.5, 0.6) is 0 Å². The number of thiazole rings is 1. The van der Waals surface area contributed by atoms with Gasteiger partial charge in [0.2, 0.25) is 5.01 Å². The van der Waals surface area contributed by atoms with E-state index in [0.717, 1.165) is 5.69 Å². The summed E-state index contributed by atoms with van der Waals surface area (Å²) in [5.74, 6) is -0.363. The summed E-state index contributed by atoms with van der Waals surface area (Å²) >= 11 is 1.28. The Hall–Kier alpha value is -0.940. The first-order chi connectivity index (χ1) is 7.13. The summed E-state index contributed by atoms with van der Waals surface area (Å²) in [7, 11) is 0. The van der Waals surface area contributed by atoms with E-state index in [1.54, 1.807) is 6.92 Å². The van der Waals surface area contributed by atoms with Crippen molar-refractivity contribution in [1.29, 1.82) is 0 Å². The van der Waals surface area contributed by atoms with Crippen LogP contribution >= 0.6 is 11.3 Å². The van der Waals surface area contributed by atoms with E-state index in [0.29, 0.717) is 18.2 Å². The highest BCUT2D eigenvalue weighted by atomic mass is 32.1. The smallest absolute Gasteiger partial charge is 0.367 e. The molecule has 0 saturated heterocycles. The number of rotatable bonds is 5. The highest BCUT2D eigenvalue weighted by Crippen LogP contribution is 2.12.